The van der Waals surface area contributed by atoms with E-state index in [2.05, 4.69) is 10.3 Å². The molecule has 1 aromatic carbocycles. The Hall–Kier alpha value is -2.02. The van der Waals surface area contributed by atoms with Gasteiger partial charge in [0.2, 0.25) is 0 Å². The van der Waals surface area contributed by atoms with Crippen molar-refractivity contribution in [1.29, 1.82) is 0 Å². The quantitative estimate of drug-likeness (QED) is 0.936. The minimum absolute atomic E-state index is 0.214. The van der Waals surface area contributed by atoms with Crippen LogP contribution in [0.4, 0.5) is 13.6 Å². The van der Waals surface area contributed by atoms with E-state index in [-0.39, 0.29) is 12.6 Å². The molecule has 1 aromatic heterocycles. The van der Waals surface area contributed by atoms with Crippen molar-refractivity contribution >= 4 is 17.4 Å². The maximum absolute atomic E-state index is 13.7. The van der Waals surface area contributed by atoms with Crippen LogP contribution in [-0.4, -0.2) is 29.0 Å². The largest absolute Gasteiger partial charge is 0.338 e. The molecule has 0 saturated heterocycles. The number of aryl methyl sites for hydroxylation is 1. The predicted molar refractivity (Wildman–Crippen MR) is 84.4 cm³/mol. The Labute approximate surface area is 137 Å². The van der Waals surface area contributed by atoms with E-state index >= 15 is 0 Å². The molecule has 1 aliphatic rings. The van der Waals surface area contributed by atoms with Gasteiger partial charge in [0.25, 0.3) is 0 Å². The van der Waals surface area contributed by atoms with Crippen molar-refractivity contribution in [3.8, 4) is 0 Å². The van der Waals surface area contributed by atoms with Crippen LogP contribution in [-0.2, 0) is 19.4 Å². The number of carbonyl (C=O) groups is 1. The lowest BCUT2D eigenvalue weighted by Crippen LogP contribution is -2.43. The third-order valence-corrected chi connectivity index (χ3v) is 4.79. The number of benzene rings is 1. The van der Waals surface area contributed by atoms with Gasteiger partial charge in [0.1, 0.15) is 11.6 Å². The molecule has 0 bridgehead atoms. The van der Waals surface area contributed by atoms with E-state index in [4.69, 9.17) is 0 Å². The molecule has 23 heavy (non-hydrogen) atoms. The number of hydrogen-bond acceptors (Lipinski definition) is 3. The van der Waals surface area contributed by atoms with E-state index in [1.54, 1.807) is 16.2 Å². The van der Waals surface area contributed by atoms with E-state index in [9.17, 15) is 13.6 Å². The van der Waals surface area contributed by atoms with Crippen LogP contribution in [0.5, 0.6) is 0 Å². The molecule has 0 radical (unpaired) electrons. The maximum atomic E-state index is 13.7. The number of aromatic nitrogens is 1. The zero-order chi connectivity index (χ0) is 16.4. The number of carbonyl (C=O) groups excluding carboxylic acids is 1. The molecule has 7 heteroatoms. The Morgan fingerprint density at radius 2 is 2.26 bits per heavy atom. The topological polar surface area (TPSA) is 45.2 Å². The summed E-state index contributed by atoms with van der Waals surface area (Å²) in [5.74, 6) is -1.14. The summed E-state index contributed by atoms with van der Waals surface area (Å²) in [5, 5.41) is 3.82. The van der Waals surface area contributed by atoms with Crippen molar-refractivity contribution in [2.45, 2.75) is 26.3 Å². The summed E-state index contributed by atoms with van der Waals surface area (Å²) in [6, 6.07) is 1.98. The van der Waals surface area contributed by atoms with Gasteiger partial charge >= 0.3 is 6.03 Å². The zero-order valence-electron chi connectivity index (χ0n) is 12.7. The monoisotopic (exact) mass is 337 g/mol. The summed E-state index contributed by atoms with van der Waals surface area (Å²) in [6.07, 6.45) is 2.89. The first-order valence-corrected chi connectivity index (χ1v) is 8.25. The van der Waals surface area contributed by atoms with Gasteiger partial charge in [0.15, 0.2) is 0 Å². The summed E-state index contributed by atoms with van der Waals surface area (Å²) in [4.78, 5) is 19.1. The predicted octanol–water partition coefficient (Wildman–Crippen LogP) is 3.04. The number of nitrogens with one attached hydrogen (secondary N) is 1. The SMILES string of the molecule is Cc1cnc(CCNC(=O)N2CCc3c(F)cc(F)cc3C2)s1. The second-order valence-electron chi connectivity index (χ2n) is 5.54. The van der Waals surface area contributed by atoms with Crippen LogP contribution in [0.15, 0.2) is 18.3 Å². The number of halogens is 2. The molecule has 0 fully saturated rings. The van der Waals surface area contributed by atoms with E-state index in [1.165, 1.54) is 6.07 Å². The van der Waals surface area contributed by atoms with Crippen LogP contribution < -0.4 is 5.32 Å². The Morgan fingerprint density at radius 3 is 3.00 bits per heavy atom. The normalized spacial score (nSPS) is 13.8. The first-order chi connectivity index (χ1) is 11.0. The molecule has 0 unspecified atom stereocenters. The van der Waals surface area contributed by atoms with Crippen LogP contribution in [0.1, 0.15) is 21.0 Å². The van der Waals surface area contributed by atoms with Crippen LogP contribution >= 0.6 is 11.3 Å². The van der Waals surface area contributed by atoms with Gasteiger partial charge in [0.05, 0.1) is 5.01 Å². The van der Waals surface area contributed by atoms with Gasteiger partial charge in [-0.15, -0.1) is 11.3 Å². The minimum atomic E-state index is -0.609. The first-order valence-electron chi connectivity index (χ1n) is 7.44. The minimum Gasteiger partial charge on any atom is -0.338 e. The molecule has 2 heterocycles. The highest BCUT2D eigenvalue weighted by Crippen LogP contribution is 2.23. The highest BCUT2D eigenvalue weighted by atomic mass is 32.1. The molecule has 1 aliphatic heterocycles. The molecule has 3 rings (SSSR count). The number of amides is 2. The summed E-state index contributed by atoms with van der Waals surface area (Å²) < 4.78 is 27.0. The number of thiazole rings is 1. The highest BCUT2D eigenvalue weighted by Gasteiger charge is 2.23. The van der Waals surface area contributed by atoms with E-state index in [0.29, 0.717) is 37.1 Å². The fraction of sp³-hybridized carbons (Fsp3) is 0.375. The lowest BCUT2D eigenvalue weighted by atomic mass is 9.99. The number of nitrogens with zero attached hydrogens (tertiary/aromatic N) is 2. The molecule has 0 atom stereocenters. The molecule has 122 valence electrons. The van der Waals surface area contributed by atoms with Crippen LogP contribution in [0, 0.1) is 18.6 Å². The van der Waals surface area contributed by atoms with Crippen LogP contribution in [0.25, 0.3) is 0 Å². The van der Waals surface area contributed by atoms with Crippen molar-refractivity contribution in [3.63, 3.8) is 0 Å². The maximum Gasteiger partial charge on any atom is 0.317 e. The van der Waals surface area contributed by atoms with Gasteiger partial charge in [-0.3, -0.25) is 0 Å². The summed E-state index contributed by atoms with van der Waals surface area (Å²) in [5.41, 5.74) is 1.05. The van der Waals surface area contributed by atoms with Gasteiger partial charge < -0.3 is 10.2 Å². The molecule has 2 aromatic rings. The lowest BCUT2D eigenvalue weighted by molar-refractivity contribution is 0.192. The van der Waals surface area contributed by atoms with E-state index in [1.807, 2.05) is 13.1 Å². The third kappa shape index (κ3) is 3.67. The average Bonchev–Trinajstić information content (AvgIpc) is 2.91. The van der Waals surface area contributed by atoms with Gasteiger partial charge in [0, 0.05) is 43.2 Å². The second-order valence-corrected chi connectivity index (χ2v) is 6.86. The van der Waals surface area contributed by atoms with Crippen molar-refractivity contribution in [2.24, 2.45) is 0 Å². The average molecular weight is 337 g/mol. The first kappa shape index (κ1) is 15.9. The Balaban J connectivity index is 1.56. The Kier molecular flexibility index (Phi) is 4.56. The van der Waals surface area contributed by atoms with Crippen LogP contribution in [0.2, 0.25) is 0 Å². The van der Waals surface area contributed by atoms with Gasteiger partial charge in [-0.2, -0.15) is 0 Å². The molecular formula is C16H17F2N3OS. The highest BCUT2D eigenvalue weighted by molar-refractivity contribution is 7.11. The van der Waals surface area contributed by atoms with Crippen molar-refractivity contribution in [2.75, 3.05) is 13.1 Å². The van der Waals surface area contributed by atoms with Gasteiger partial charge in [-0.1, -0.05) is 0 Å². The van der Waals surface area contributed by atoms with Crippen molar-refractivity contribution in [3.05, 3.63) is 51.0 Å². The summed E-state index contributed by atoms with van der Waals surface area (Å²) in [7, 11) is 0. The third-order valence-electron chi connectivity index (χ3n) is 3.82. The fourth-order valence-electron chi connectivity index (χ4n) is 2.69. The lowest BCUT2D eigenvalue weighted by Gasteiger charge is -2.29. The number of fused-ring (bicyclic) bond motifs is 1. The molecule has 0 spiro atoms. The number of hydrogen-bond donors (Lipinski definition) is 1. The van der Waals surface area contributed by atoms with Gasteiger partial charge in [-0.05, 0) is 30.5 Å². The zero-order valence-corrected chi connectivity index (χ0v) is 13.6. The van der Waals surface area contributed by atoms with Crippen molar-refractivity contribution in [1.82, 2.24) is 15.2 Å². The number of rotatable bonds is 3. The van der Waals surface area contributed by atoms with E-state index < -0.39 is 11.6 Å². The Morgan fingerprint density at radius 1 is 1.43 bits per heavy atom. The van der Waals surface area contributed by atoms with E-state index in [0.717, 1.165) is 16.0 Å². The Bertz CT molecular complexity index is 732. The molecule has 0 aliphatic carbocycles. The summed E-state index contributed by atoms with van der Waals surface area (Å²) >= 11 is 1.61. The number of urea groups is 1. The smallest absolute Gasteiger partial charge is 0.317 e. The van der Waals surface area contributed by atoms with Crippen molar-refractivity contribution < 1.29 is 13.6 Å². The molecule has 2 amide bonds. The molecule has 1 N–H and O–H groups in total. The molecule has 4 nitrogen and oxygen atoms in total. The van der Waals surface area contributed by atoms with Crippen LogP contribution in [0.3, 0.4) is 0 Å². The molecular weight excluding hydrogens is 320 g/mol. The second kappa shape index (κ2) is 6.62. The fourth-order valence-corrected chi connectivity index (χ4v) is 3.47. The summed E-state index contributed by atoms with van der Waals surface area (Å²) in [6.45, 7) is 3.14. The van der Waals surface area contributed by atoms with Gasteiger partial charge in [-0.25, -0.2) is 18.6 Å². The molecule has 0 saturated carbocycles. The standard InChI is InChI=1S/C16H17F2N3OS/c1-10-8-20-15(23-10)2-4-19-16(22)21-5-3-13-11(9-21)6-12(17)7-14(13)18/h6-8H,2-5,9H2,1H3,(H,19,22).